The summed E-state index contributed by atoms with van der Waals surface area (Å²) in [5.74, 6) is -0.810. The van der Waals surface area contributed by atoms with E-state index in [1.165, 1.54) is 30.3 Å². The molecule has 0 bridgehead atoms. The molecule has 0 fully saturated rings. The van der Waals surface area contributed by atoms with E-state index in [1.807, 2.05) is 6.07 Å². The van der Waals surface area contributed by atoms with Crippen LogP contribution < -0.4 is 0 Å². The molecule has 0 aliphatic heterocycles. The van der Waals surface area contributed by atoms with Gasteiger partial charge < -0.3 is 9.52 Å². The van der Waals surface area contributed by atoms with E-state index in [0.717, 1.165) is 0 Å². The van der Waals surface area contributed by atoms with Crippen molar-refractivity contribution in [2.24, 2.45) is 0 Å². The minimum absolute atomic E-state index is 0.00610. The van der Waals surface area contributed by atoms with Crippen molar-refractivity contribution in [3.63, 3.8) is 0 Å². The Hall–Kier alpha value is -3.36. The van der Waals surface area contributed by atoms with Crippen LogP contribution in [0, 0.1) is 17.1 Å². The summed E-state index contributed by atoms with van der Waals surface area (Å²) < 4.78 is 19.5. The Morgan fingerprint density at radius 1 is 1.15 bits per heavy atom. The van der Waals surface area contributed by atoms with Gasteiger partial charge in [0.25, 0.3) is 0 Å². The molecule has 0 spiro atoms. The summed E-state index contributed by atoms with van der Waals surface area (Å²) in [6, 6.07) is 15.7. The molecule has 6 heteroatoms. The van der Waals surface area contributed by atoms with E-state index in [0.29, 0.717) is 17.1 Å². The van der Waals surface area contributed by atoms with E-state index in [9.17, 15) is 14.4 Å². The number of nitrogens with zero attached hydrogens (tertiary/aromatic N) is 1. The van der Waals surface area contributed by atoms with Gasteiger partial charge in [-0.2, -0.15) is 5.26 Å². The average molecular weight is 368 g/mol. The largest absolute Gasteiger partial charge is 0.478 e. The number of aromatic carboxylic acids is 1. The molecule has 1 aromatic heterocycles. The van der Waals surface area contributed by atoms with Gasteiger partial charge in [0.15, 0.2) is 0 Å². The molecule has 0 radical (unpaired) electrons. The van der Waals surface area contributed by atoms with Crippen LogP contribution in [0.4, 0.5) is 4.39 Å². The van der Waals surface area contributed by atoms with Gasteiger partial charge in [-0.05, 0) is 36.4 Å². The summed E-state index contributed by atoms with van der Waals surface area (Å²) in [5.41, 5.74) is 0.891. The number of rotatable bonds is 4. The fourth-order valence-electron chi connectivity index (χ4n) is 2.42. The number of furan rings is 1. The SMILES string of the molecule is N#CC(=Cc1ccc(-c2ccc(C(=O)O)c(Cl)c2)o1)c1ccccc1F. The van der Waals surface area contributed by atoms with Crippen LogP contribution >= 0.6 is 11.6 Å². The Kier molecular flexibility index (Phi) is 4.87. The van der Waals surface area contributed by atoms with E-state index >= 15 is 0 Å². The Balaban J connectivity index is 1.95. The molecule has 3 aromatic rings. The Morgan fingerprint density at radius 2 is 1.92 bits per heavy atom. The zero-order valence-corrected chi connectivity index (χ0v) is 14.0. The number of nitriles is 1. The second-order valence-corrected chi connectivity index (χ2v) is 5.76. The van der Waals surface area contributed by atoms with Gasteiger partial charge in [-0.3, -0.25) is 0 Å². The fraction of sp³-hybridized carbons (Fsp3) is 0. The van der Waals surface area contributed by atoms with Crippen molar-refractivity contribution in [2.45, 2.75) is 0 Å². The van der Waals surface area contributed by atoms with Gasteiger partial charge in [-0.15, -0.1) is 0 Å². The van der Waals surface area contributed by atoms with E-state index < -0.39 is 11.8 Å². The zero-order valence-electron chi connectivity index (χ0n) is 13.2. The quantitative estimate of drug-likeness (QED) is 0.618. The number of hydrogen-bond donors (Lipinski definition) is 1. The van der Waals surface area contributed by atoms with Crippen molar-refractivity contribution in [3.8, 4) is 17.4 Å². The van der Waals surface area contributed by atoms with E-state index in [4.69, 9.17) is 21.1 Å². The van der Waals surface area contributed by atoms with E-state index in [1.54, 1.807) is 30.3 Å². The van der Waals surface area contributed by atoms with Crippen LogP contribution in [0.2, 0.25) is 5.02 Å². The van der Waals surface area contributed by atoms with Crippen molar-refractivity contribution in [3.05, 3.63) is 82.3 Å². The molecule has 128 valence electrons. The van der Waals surface area contributed by atoms with Crippen LogP contribution in [-0.2, 0) is 0 Å². The molecule has 1 heterocycles. The summed E-state index contributed by atoms with van der Waals surface area (Å²) in [7, 11) is 0. The maximum atomic E-state index is 13.9. The van der Waals surface area contributed by atoms with Crippen molar-refractivity contribution in [2.75, 3.05) is 0 Å². The molecule has 0 unspecified atom stereocenters. The molecule has 3 rings (SSSR count). The molecule has 0 saturated carbocycles. The summed E-state index contributed by atoms with van der Waals surface area (Å²) in [6.45, 7) is 0. The Bertz CT molecular complexity index is 1060. The first-order chi connectivity index (χ1) is 12.5. The number of carbonyl (C=O) groups is 1. The molecule has 0 amide bonds. The smallest absolute Gasteiger partial charge is 0.337 e. The average Bonchev–Trinajstić information content (AvgIpc) is 3.08. The highest BCUT2D eigenvalue weighted by molar-refractivity contribution is 6.33. The van der Waals surface area contributed by atoms with Crippen LogP contribution in [-0.4, -0.2) is 11.1 Å². The second-order valence-electron chi connectivity index (χ2n) is 5.35. The Morgan fingerprint density at radius 3 is 2.58 bits per heavy atom. The predicted molar refractivity (Wildman–Crippen MR) is 96.0 cm³/mol. The van der Waals surface area contributed by atoms with Gasteiger partial charge in [0.05, 0.1) is 22.2 Å². The molecule has 0 aliphatic rings. The van der Waals surface area contributed by atoms with Crippen LogP contribution in [0.5, 0.6) is 0 Å². The lowest BCUT2D eigenvalue weighted by Crippen LogP contribution is -1.96. The lowest BCUT2D eigenvalue weighted by atomic mass is 10.1. The van der Waals surface area contributed by atoms with Crippen molar-refractivity contribution < 1.29 is 18.7 Å². The molecule has 2 aromatic carbocycles. The van der Waals surface area contributed by atoms with Crippen molar-refractivity contribution >= 4 is 29.2 Å². The first-order valence-electron chi connectivity index (χ1n) is 7.49. The Labute approximate surface area is 153 Å². The van der Waals surface area contributed by atoms with Gasteiger partial charge in [-0.25, -0.2) is 9.18 Å². The first kappa shape index (κ1) is 17.5. The van der Waals surface area contributed by atoms with Crippen LogP contribution in [0.15, 0.2) is 59.0 Å². The monoisotopic (exact) mass is 367 g/mol. The van der Waals surface area contributed by atoms with Gasteiger partial charge in [0, 0.05) is 11.1 Å². The highest BCUT2D eigenvalue weighted by atomic mass is 35.5. The predicted octanol–water partition coefficient (Wildman–Crippen LogP) is 5.50. The normalized spacial score (nSPS) is 11.2. The van der Waals surface area contributed by atoms with Crippen molar-refractivity contribution in [1.29, 1.82) is 5.26 Å². The molecular formula is C20H11ClFNO3. The molecule has 0 aliphatic carbocycles. The number of benzene rings is 2. The number of carboxylic acids is 1. The molecule has 26 heavy (non-hydrogen) atoms. The fourth-order valence-corrected chi connectivity index (χ4v) is 2.68. The van der Waals surface area contributed by atoms with Gasteiger partial charge in [0.1, 0.15) is 17.3 Å². The van der Waals surface area contributed by atoms with Gasteiger partial charge >= 0.3 is 5.97 Å². The number of allylic oxidation sites excluding steroid dienone is 1. The zero-order chi connectivity index (χ0) is 18.7. The first-order valence-corrected chi connectivity index (χ1v) is 7.87. The maximum Gasteiger partial charge on any atom is 0.337 e. The second kappa shape index (κ2) is 7.26. The van der Waals surface area contributed by atoms with E-state index in [-0.39, 0.29) is 21.7 Å². The third-order valence-electron chi connectivity index (χ3n) is 3.68. The van der Waals surface area contributed by atoms with Crippen LogP contribution in [0.25, 0.3) is 23.0 Å². The summed E-state index contributed by atoms with van der Waals surface area (Å²) in [6.07, 6.45) is 1.44. The standard InChI is InChI=1S/C20H11ClFNO3/c21-17-10-12(5-7-16(17)20(24)25)19-8-6-14(26-19)9-13(11-23)15-3-1-2-4-18(15)22/h1-10H,(H,24,25). The van der Waals surface area contributed by atoms with Crippen molar-refractivity contribution in [1.82, 2.24) is 0 Å². The third-order valence-corrected chi connectivity index (χ3v) is 3.99. The highest BCUT2D eigenvalue weighted by Gasteiger charge is 2.12. The topological polar surface area (TPSA) is 74.2 Å². The molecule has 0 saturated heterocycles. The highest BCUT2D eigenvalue weighted by Crippen LogP contribution is 2.29. The number of hydrogen-bond acceptors (Lipinski definition) is 3. The van der Waals surface area contributed by atoms with Crippen LogP contribution in [0.3, 0.4) is 0 Å². The molecule has 4 nitrogen and oxygen atoms in total. The van der Waals surface area contributed by atoms with Gasteiger partial charge in [0.2, 0.25) is 0 Å². The van der Waals surface area contributed by atoms with E-state index in [2.05, 4.69) is 0 Å². The summed E-state index contributed by atoms with van der Waals surface area (Å²) in [5, 5.41) is 18.4. The number of halogens is 2. The summed E-state index contributed by atoms with van der Waals surface area (Å²) >= 11 is 5.97. The number of carboxylic acid groups (broad SMARTS) is 1. The van der Waals surface area contributed by atoms with Crippen LogP contribution in [0.1, 0.15) is 21.7 Å². The minimum atomic E-state index is -1.12. The minimum Gasteiger partial charge on any atom is -0.478 e. The molecule has 0 atom stereocenters. The third kappa shape index (κ3) is 3.51. The summed E-state index contributed by atoms with van der Waals surface area (Å²) in [4.78, 5) is 11.0. The molecular weight excluding hydrogens is 357 g/mol. The molecule has 1 N–H and O–H groups in total. The lowest BCUT2D eigenvalue weighted by molar-refractivity contribution is 0.0697. The maximum absolute atomic E-state index is 13.9. The van der Waals surface area contributed by atoms with Gasteiger partial charge in [-0.1, -0.05) is 35.9 Å². The lowest BCUT2D eigenvalue weighted by Gasteiger charge is -2.02.